The molecule has 0 saturated heterocycles. The number of nitrogens with one attached hydrogen (secondary N) is 1. The number of ether oxygens (including phenoxy) is 2. The van der Waals surface area contributed by atoms with Crippen LogP contribution in [0.2, 0.25) is 0 Å². The number of rotatable bonds is 10. The second-order valence-corrected chi connectivity index (χ2v) is 4.70. The van der Waals surface area contributed by atoms with Gasteiger partial charge in [-0.25, -0.2) is 0 Å². The number of amides is 1. The van der Waals surface area contributed by atoms with E-state index in [1.54, 1.807) is 38.5 Å². The molecule has 0 aliphatic rings. The van der Waals surface area contributed by atoms with Crippen LogP contribution in [0.3, 0.4) is 0 Å². The van der Waals surface area contributed by atoms with Gasteiger partial charge in [-0.3, -0.25) is 9.59 Å². The fourth-order valence-corrected chi connectivity index (χ4v) is 1.86. The van der Waals surface area contributed by atoms with E-state index in [1.165, 1.54) is 0 Å². The molecule has 1 aromatic carbocycles. The van der Waals surface area contributed by atoms with Gasteiger partial charge in [-0.2, -0.15) is 0 Å². The van der Waals surface area contributed by atoms with Crippen LogP contribution in [-0.2, 0) is 9.53 Å². The molecule has 5 nitrogen and oxygen atoms in total. The summed E-state index contributed by atoms with van der Waals surface area (Å²) in [6.45, 7) is 1.32. The molecule has 21 heavy (non-hydrogen) atoms. The van der Waals surface area contributed by atoms with Crippen LogP contribution in [0.15, 0.2) is 24.3 Å². The molecule has 0 heterocycles. The molecule has 0 aliphatic heterocycles. The van der Waals surface area contributed by atoms with Crippen molar-refractivity contribution in [3.8, 4) is 5.75 Å². The summed E-state index contributed by atoms with van der Waals surface area (Å²) in [4.78, 5) is 23.6. The number of Topliss-reactive ketones (excluding diaryl/α,β-unsaturated/α-hetero) is 1. The van der Waals surface area contributed by atoms with Gasteiger partial charge in [-0.15, -0.1) is 0 Å². The van der Waals surface area contributed by atoms with Crippen molar-refractivity contribution in [2.24, 2.45) is 0 Å². The first-order valence-electron chi connectivity index (χ1n) is 7.10. The average molecular weight is 293 g/mol. The zero-order chi connectivity index (χ0) is 15.5. The van der Waals surface area contributed by atoms with Gasteiger partial charge in [0.25, 0.3) is 0 Å². The third-order valence-electron chi connectivity index (χ3n) is 3.07. The highest BCUT2D eigenvalue weighted by Crippen LogP contribution is 2.14. The minimum absolute atomic E-state index is 0.0524. The van der Waals surface area contributed by atoms with Crippen LogP contribution in [0.4, 0.5) is 0 Å². The minimum atomic E-state index is -0.0938. The van der Waals surface area contributed by atoms with Gasteiger partial charge in [0.15, 0.2) is 5.78 Å². The van der Waals surface area contributed by atoms with Crippen LogP contribution in [0.25, 0.3) is 0 Å². The van der Waals surface area contributed by atoms with E-state index >= 15 is 0 Å². The van der Waals surface area contributed by atoms with Crippen LogP contribution in [0.1, 0.15) is 36.0 Å². The molecule has 1 amide bonds. The molecular weight excluding hydrogens is 270 g/mol. The van der Waals surface area contributed by atoms with Gasteiger partial charge in [0.1, 0.15) is 5.75 Å². The number of hydrogen-bond donors (Lipinski definition) is 1. The van der Waals surface area contributed by atoms with E-state index in [0.717, 1.165) is 12.8 Å². The molecule has 116 valence electrons. The highest BCUT2D eigenvalue weighted by atomic mass is 16.5. The van der Waals surface area contributed by atoms with Crippen LogP contribution in [0.5, 0.6) is 5.75 Å². The molecular formula is C16H23NO4. The lowest BCUT2D eigenvalue weighted by molar-refractivity contribution is -0.121. The number of hydrogen-bond acceptors (Lipinski definition) is 4. The highest BCUT2D eigenvalue weighted by Gasteiger charge is 2.09. The van der Waals surface area contributed by atoms with Gasteiger partial charge in [0.2, 0.25) is 5.91 Å². The molecule has 5 heteroatoms. The summed E-state index contributed by atoms with van der Waals surface area (Å²) >= 11 is 0. The van der Waals surface area contributed by atoms with E-state index in [-0.39, 0.29) is 24.5 Å². The SMILES string of the molecule is COCCCCNC(=O)CCC(=O)c1cccc(OC)c1. The fourth-order valence-electron chi connectivity index (χ4n) is 1.86. The molecule has 0 fully saturated rings. The van der Waals surface area contributed by atoms with Crippen molar-refractivity contribution >= 4 is 11.7 Å². The molecule has 1 aromatic rings. The van der Waals surface area contributed by atoms with Crippen molar-refractivity contribution in [2.45, 2.75) is 25.7 Å². The van der Waals surface area contributed by atoms with Crippen LogP contribution in [-0.4, -0.2) is 39.1 Å². The summed E-state index contributed by atoms with van der Waals surface area (Å²) in [5.74, 6) is 0.496. The number of benzene rings is 1. The van der Waals surface area contributed by atoms with Crippen molar-refractivity contribution in [2.75, 3.05) is 27.4 Å². The maximum absolute atomic E-state index is 12.0. The first-order chi connectivity index (χ1) is 10.2. The third-order valence-corrected chi connectivity index (χ3v) is 3.07. The number of ketones is 1. The maximum Gasteiger partial charge on any atom is 0.220 e. The van der Waals surface area contributed by atoms with Gasteiger partial charge in [-0.1, -0.05) is 12.1 Å². The van der Waals surface area contributed by atoms with Crippen LogP contribution >= 0.6 is 0 Å². The fraction of sp³-hybridized carbons (Fsp3) is 0.500. The third kappa shape index (κ3) is 6.90. The second kappa shape index (κ2) is 9.94. The van der Waals surface area contributed by atoms with Gasteiger partial charge >= 0.3 is 0 Å². The second-order valence-electron chi connectivity index (χ2n) is 4.70. The molecule has 0 atom stereocenters. The number of carbonyl (C=O) groups is 2. The predicted molar refractivity (Wildman–Crippen MR) is 80.7 cm³/mol. The largest absolute Gasteiger partial charge is 0.497 e. The highest BCUT2D eigenvalue weighted by molar-refractivity contribution is 5.98. The first-order valence-corrected chi connectivity index (χ1v) is 7.10. The van der Waals surface area contributed by atoms with Crippen molar-refractivity contribution < 1.29 is 19.1 Å². The van der Waals surface area contributed by atoms with Gasteiger partial charge in [-0.05, 0) is 25.0 Å². The Morgan fingerprint density at radius 2 is 1.95 bits per heavy atom. The topological polar surface area (TPSA) is 64.6 Å². The predicted octanol–water partition coefficient (Wildman–Crippen LogP) is 2.20. The van der Waals surface area contributed by atoms with E-state index < -0.39 is 0 Å². The smallest absolute Gasteiger partial charge is 0.220 e. The summed E-state index contributed by atoms with van der Waals surface area (Å²) in [6, 6.07) is 6.96. The average Bonchev–Trinajstić information content (AvgIpc) is 2.52. The maximum atomic E-state index is 12.0. The summed E-state index contributed by atoms with van der Waals surface area (Å²) in [5.41, 5.74) is 0.572. The summed E-state index contributed by atoms with van der Waals surface area (Å²) < 4.78 is 10.0. The lowest BCUT2D eigenvalue weighted by atomic mass is 10.1. The van der Waals surface area contributed by atoms with E-state index in [1.807, 2.05) is 0 Å². The standard InChI is InChI=1S/C16H23NO4/c1-20-11-4-3-10-17-16(19)9-8-15(18)13-6-5-7-14(12-13)21-2/h5-7,12H,3-4,8-11H2,1-2H3,(H,17,19). The van der Waals surface area contributed by atoms with Gasteiger partial charge in [0.05, 0.1) is 7.11 Å². The van der Waals surface area contributed by atoms with Crippen LogP contribution < -0.4 is 10.1 Å². The molecule has 0 spiro atoms. The minimum Gasteiger partial charge on any atom is -0.497 e. The number of carbonyl (C=O) groups excluding carboxylic acids is 2. The number of unbranched alkanes of at least 4 members (excludes halogenated alkanes) is 1. The Morgan fingerprint density at radius 1 is 1.14 bits per heavy atom. The van der Waals surface area contributed by atoms with Crippen molar-refractivity contribution in [3.05, 3.63) is 29.8 Å². The molecule has 0 radical (unpaired) electrons. The van der Waals surface area contributed by atoms with Gasteiger partial charge < -0.3 is 14.8 Å². The first kappa shape index (κ1) is 17.2. The van der Waals surface area contributed by atoms with Crippen molar-refractivity contribution in [3.63, 3.8) is 0 Å². The summed E-state index contributed by atoms with van der Waals surface area (Å²) in [7, 11) is 3.21. The quantitative estimate of drug-likeness (QED) is 0.530. The molecule has 1 rings (SSSR count). The van der Waals surface area contributed by atoms with E-state index in [4.69, 9.17) is 9.47 Å². The van der Waals surface area contributed by atoms with E-state index in [2.05, 4.69) is 5.32 Å². The Kier molecular flexibility index (Phi) is 8.12. The lowest BCUT2D eigenvalue weighted by Crippen LogP contribution is -2.25. The number of methoxy groups -OCH3 is 2. The molecule has 0 aromatic heterocycles. The Morgan fingerprint density at radius 3 is 2.67 bits per heavy atom. The zero-order valence-electron chi connectivity index (χ0n) is 12.7. The van der Waals surface area contributed by atoms with Crippen molar-refractivity contribution in [1.29, 1.82) is 0 Å². The van der Waals surface area contributed by atoms with E-state index in [0.29, 0.717) is 24.5 Å². The molecule has 0 unspecified atom stereocenters. The van der Waals surface area contributed by atoms with E-state index in [9.17, 15) is 9.59 Å². The van der Waals surface area contributed by atoms with Crippen molar-refractivity contribution in [1.82, 2.24) is 5.32 Å². The van der Waals surface area contributed by atoms with Crippen LogP contribution in [0, 0.1) is 0 Å². The van der Waals surface area contributed by atoms with Gasteiger partial charge in [0, 0.05) is 38.7 Å². The lowest BCUT2D eigenvalue weighted by Gasteiger charge is -2.06. The molecule has 0 aliphatic carbocycles. The zero-order valence-corrected chi connectivity index (χ0v) is 12.7. The Balaban J connectivity index is 2.27. The monoisotopic (exact) mass is 293 g/mol. The molecule has 0 saturated carbocycles. The normalized spacial score (nSPS) is 10.2. The summed E-state index contributed by atoms with van der Waals surface area (Å²) in [6.07, 6.45) is 2.21. The summed E-state index contributed by atoms with van der Waals surface area (Å²) in [5, 5.41) is 2.80. The molecule has 1 N–H and O–H groups in total. The Hall–Kier alpha value is -1.88. The molecule has 0 bridgehead atoms. The Labute approximate surface area is 125 Å². The Bertz CT molecular complexity index is 459.